The van der Waals surface area contributed by atoms with Gasteiger partial charge in [0, 0.05) is 29.5 Å². The lowest BCUT2D eigenvalue weighted by molar-refractivity contribution is 0.112. The third-order valence-electron chi connectivity index (χ3n) is 2.03. The first-order valence-corrected chi connectivity index (χ1v) is 7.15. The van der Waals surface area contributed by atoms with Crippen LogP contribution in [0.5, 0.6) is 0 Å². The third-order valence-corrected chi connectivity index (χ3v) is 5.05. The van der Waals surface area contributed by atoms with E-state index in [1.54, 1.807) is 23.1 Å². The molecule has 4 heteroatoms. The molecule has 0 saturated carbocycles. The van der Waals surface area contributed by atoms with Gasteiger partial charge in [0.05, 0.1) is 0 Å². The molecule has 0 aliphatic heterocycles. The molecule has 0 aliphatic rings. The highest BCUT2D eigenvalue weighted by atomic mass is 127. The van der Waals surface area contributed by atoms with Crippen molar-refractivity contribution in [2.24, 2.45) is 0 Å². The van der Waals surface area contributed by atoms with Crippen molar-refractivity contribution < 1.29 is 4.79 Å². The summed E-state index contributed by atoms with van der Waals surface area (Å²) < 4.78 is 2.36. The number of thioether (sulfide) groups is 1. The highest BCUT2D eigenvalue weighted by Gasteiger charge is 2.10. The molecule has 0 bridgehead atoms. The molecule has 1 heterocycles. The van der Waals surface area contributed by atoms with Gasteiger partial charge < -0.3 is 0 Å². The summed E-state index contributed by atoms with van der Waals surface area (Å²) in [6.45, 7) is 0. The van der Waals surface area contributed by atoms with Crippen molar-refractivity contribution in [3.63, 3.8) is 0 Å². The molecule has 14 heavy (non-hydrogen) atoms. The van der Waals surface area contributed by atoms with E-state index in [0.29, 0.717) is 0 Å². The summed E-state index contributed by atoms with van der Waals surface area (Å²) >= 11 is 5.58. The van der Waals surface area contributed by atoms with Crippen LogP contribution in [-0.4, -0.2) is 12.5 Å². The predicted octanol–water partition coefficient (Wildman–Crippen LogP) is 4.04. The number of halogens is 1. The van der Waals surface area contributed by atoms with Crippen LogP contribution in [0.1, 0.15) is 10.4 Å². The van der Waals surface area contributed by atoms with Gasteiger partial charge in [0.25, 0.3) is 0 Å². The van der Waals surface area contributed by atoms with E-state index in [1.165, 1.54) is 8.27 Å². The highest BCUT2D eigenvalue weighted by Crippen LogP contribution is 2.34. The summed E-state index contributed by atoms with van der Waals surface area (Å²) in [6.07, 6.45) is 2.95. The Kier molecular flexibility index (Phi) is 3.14. The maximum Gasteiger partial charge on any atom is 0.151 e. The van der Waals surface area contributed by atoms with E-state index in [0.717, 1.165) is 22.1 Å². The van der Waals surface area contributed by atoms with E-state index >= 15 is 0 Å². The molecule has 0 unspecified atom stereocenters. The number of rotatable bonds is 2. The Labute approximate surface area is 104 Å². The van der Waals surface area contributed by atoms with E-state index in [2.05, 4.69) is 34.0 Å². The minimum absolute atomic E-state index is 0.834. The van der Waals surface area contributed by atoms with E-state index in [-0.39, 0.29) is 0 Å². The number of aldehydes is 1. The van der Waals surface area contributed by atoms with Crippen LogP contribution in [-0.2, 0) is 0 Å². The molecule has 0 atom stereocenters. The van der Waals surface area contributed by atoms with Gasteiger partial charge in [-0.15, -0.1) is 23.1 Å². The summed E-state index contributed by atoms with van der Waals surface area (Å²) in [5.41, 5.74) is 0.834. The molecule has 1 nitrogen and oxygen atoms in total. The highest BCUT2D eigenvalue weighted by molar-refractivity contribution is 14.1. The Morgan fingerprint density at radius 3 is 2.93 bits per heavy atom. The predicted molar refractivity (Wildman–Crippen MR) is 71.7 cm³/mol. The first-order valence-electron chi connectivity index (χ1n) is 3.96. The molecule has 1 aromatic carbocycles. The first kappa shape index (κ1) is 10.4. The lowest BCUT2D eigenvalue weighted by Gasteiger charge is -2.02. The number of fused-ring (bicyclic) bond motifs is 1. The SMILES string of the molecule is CSc1ccc2scc(I)c2c1C=O. The number of hydrogen-bond donors (Lipinski definition) is 0. The number of hydrogen-bond acceptors (Lipinski definition) is 3. The fourth-order valence-electron chi connectivity index (χ4n) is 1.39. The number of carbonyl (C=O) groups excluding carboxylic acids is 1. The monoisotopic (exact) mass is 334 g/mol. The molecular formula is C10H7IOS2. The summed E-state index contributed by atoms with van der Waals surface area (Å²) in [5.74, 6) is 0. The number of thiophene rings is 1. The lowest BCUT2D eigenvalue weighted by atomic mass is 10.1. The van der Waals surface area contributed by atoms with E-state index in [1.807, 2.05) is 12.3 Å². The van der Waals surface area contributed by atoms with Gasteiger partial charge in [-0.25, -0.2) is 0 Å². The molecule has 0 N–H and O–H groups in total. The van der Waals surface area contributed by atoms with Crippen molar-refractivity contribution in [2.45, 2.75) is 4.90 Å². The maximum atomic E-state index is 11.0. The Balaban J connectivity index is 2.87. The molecule has 0 aliphatic carbocycles. The van der Waals surface area contributed by atoms with Crippen molar-refractivity contribution in [1.82, 2.24) is 0 Å². The van der Waals surface area contributed by atoms with Crippen molar-refractivity contribution in [3.05, 3.63) is 26.6 Å². The summed E-state index contributed by atoms with van der Waals surface area (Å²) in [4.78, 5) is 12.1. The molecule has 0 radical (unpaired) electrons. The first-order chi connectivity index (χ1) is 6.77. The molecule has 0 fully saturated rings. The quantitative estimate of drug-likeness (QED) is 0.468. The minimum Gasteiger partial charge on any atom is -0.298 e. The molecular weight excluding hydrogens is 327 g/mol. The van der Waals surface area contributed by atoms with Gasteiger partial charge in [-0.05, 0) is 41.0 Å². The zero-order valence-corrected chi connectivity index (χ0v) is 11.2. The van der Waals surface area contributed by atoms with Crippen LogP contribution in [0.15, 0.2) is 22.4 Å². The molecule has 1 aromatic heterocycles. The van der Waals surface area contributed by atoms with Crippen molar-refractivity contribution in [2.75, 3.05) is 6.26 Å². The van der Waals surface area contributed by atoms with Crippen LogP contribution in [0.25, 0.3) is 10.1 Å². The summed E-state index contributed by atoms with van der Waals surface area (Å²) in [6, 6.07) is 4.10. The van der Waals surface area contributed by atoms with Crippen LogP contribution in [0.2, 0.25) is 0 Å². The largest absolute Gasteiger partial charge is 0.298 e. The van der Waals surface area contributed by atoms with Gasteiger partial charge in [-0.2, -0.15) is 0 Å². The summed E-state index contributed by atoms with van der Waals surface area (Å²) in [5, 5.41) is 3.19. The lowest BCUT2D eigenvalue weighted by Crippen LogP contribution is -1.86. The topological polar surface area (TPSA) is 17.1 Å². The van der Waals surface area contributed by atoms with Crippen LogP contribution in [0, 0.1) is 3.57 Å². The van der Waals surface area contributed by atoms with Crippen molar-refractivity contribution in [1.29, 1.82) is 0 Å². The van der Waals surface area contributed by atoms with Gasteiger partial charge in [-0.3, -0.25) is 4.79 Å². The molecule has 72 valence electrons. The van der Waals surface area contributed by atoms with E-state index in [4.69, 9.17) is 0 Å². The van der Waals surface area contributed by atoms with E-state index < -0.39 is 0 Å². The number of carbonyl (C=O) groups is 1. The smallest absolute Gasteiger partial charge is 0.151 e. The molecule has 2 rings (SSSR count). The molecule has 0 spiro atoms. The Bertz CT molecular complexity index is 490. The number of benzene rings is 1. The van der Waals surface area contributed by atoms with Gasteiger partial charge in [0.2, 0.25) is 0 Å². The average Bonchev–Trinajstić information content (AvgIpc) is 2.59. The standard InChI is InChI=1S/C10H7IOS2/c1-13-8-2-3-9-10(6(8)4-12)7(11)5-14-9/h2-5H,1H3. The molecule has 2 aromatic rings. The Morgan fingerprint density at radius 2 is 2.29 bits per heavy atom. The minimum atomic E-state index is 0.834. The second-order valence-corrected chi connectivity index (χ2v) is 5.68. The van der Waals surface area contributed by atoms with Crippen LogP contribution < -0.4 is 0 Å². The van der Waals surface area contributed by atoms with Gasteiger partial charge in [0.15, 0.2) is 6.29 Å². The molecule has 0 amide bonds. The van der Waals surface area contributed by atoms with Crippen molar-refractivity contribution in [3.8, 4) is 0 Å². The maximum absolute atomic E-state index is 11.0. The van der Waals surface area contributed by atoms with Gasteiger partial charge in [-0.1, -0.05) is 0 Å². The average molecular weight is 334 g/mol. The molecule has 0 saturated heterocycles. The Hall–Kier alpha value is -0.0700. The van der Waals surface area contributed by atoms with E-state index in [9.17, 15) is 4.79 Å². The fraction of sp³-hybridized carbons (Fsp3) is 0.100. The Morgan fingerprint density at radius 1 is 1.50 bits per heavy atom. The summed E-state index contributed by atoms with van der Waals surface area (Å²) in [7, 11) is 0. The normalized spacial score (nSPS) is 10.7. The van der Waals surface area contributed by atoms with Crippen LogP contribution >= 0.6 is 45.7 Å². The third kappa shape index (κ3) is 1.59. The van der Waals surface area contributed by atoms with Gasteiger partial charge in [0.1, 0.15) is 0 Å². The van der Waals surface area contributed by atoms with Crippen molar-refractivity contribution >= 4 is 62.1 Å². The van der Waals surface area contributed by atoms with Crippen LogP contribution in [0.4, 0.5) is 0 Å². The second kappa shape index (κ2) is 4.20. The fourth-order valence-corrected chi connectivity index (χ4v) is 3.95. The zero-order chi connectivity index (χ0) is 10.1. The zero-order valence-electron chi connectivity index (χ0n) is 7.41. The second-order valence-electron chi connectivity index (χ2n) is 2.76. The van der Waals surface area contributed by atoms with Crippen LogP contribution in [0.3, 0.4) is 0 Å². The van der Waals surface area contributed by atoms with Gasteiger partial charge >= 0.3 is 0 Å².